The Morgan fingerprint density at radius 3 is 2.22 bits per heavy atom. The normalized spacial score (nSPS) is 11.3. The first-order chi connectivity index (χ1) is 12.0. The summed E-state index contributed by atoms with van der Waals surface area (Å²) >= 11 is 6.39. The number of rotatable bonds is 8. The molecule has 1 atom stereocenters. The Morgan fingerprint density at radius 2 is 1.67 bits per heavy atom. The fourth-order valence-electron chi connectivity index (χ4n) is 2.94. The van der Waals surface area contributed by atoms with Crippen LogP contribution in [0.4, 0.5) is 5.69 Å². The average Bonchev–Trinajstić information content (AvgIpc) is 2.61. The molecule has 2 rings (SSSR count). The van der Waals surface area contributed by atoms with Crippen LogP contribution in [0.5, 0.6) is 0 Å². The third-order valence-electron chi connectivity index (χ3n) is 4.35. The average molecular weight is 433 g/mol. The van der Waals surface area contributed by atoms with E-state index in [-0.39, 0.29) is 36.8 Å². The van der Waals surface area contributed by atoms with Gasteiger partial charge in [-0.1, -0.05) is 55.8 Å². The molecule has 7 heteroatoms. The number of carbonyl (C=O) groups is 1. The molecule has 0 spiro atoms. The lowest BCUT2D eigenvalue weighted by atomic mass is 10.0. The molecule has 0 aliphatic rings. The van der Waals surface area contributed by atoms with E-state index in [1.54, 1.807) is 0 Å². The number of nitrogens with two attached hydrogens (primary N) is 1. The van der Waals surface area contributed by atoms with Crippen molar-refractivity contribution in [3.8, 4) is 0 Å². The summed E-state index contributed by atoms with van der Waals surface area (Å²) in [5.41, 5.74) is 8.37. The maximum atomic E-state index is 12.3. The lowest BCUT2D eigenvalue weighted by Crippen LogP contribution is -2.38. The Bertz CT molecular complexity index is 691. The summed E-state index contributed by atoms with van der Waals surface area (Å²) in [6.07, 6.45) is 0.341. The number of halogens is 3. The minimum Gasteiger partial charge on any atom is -0.399 e. The molecule has 3 N–H and O–H groups in total. The number of hydrogen-bond acceptors (Lipinski definition) is 3. The molecule has 27 heavy (non-hydrogen) atoms. The topological polar surface area (TPSA) is 58.4 Å². The molecule has 0 bridgehead atoms. The van der Waals surface area contributed by atoms with Crippen molar-refractivity contribution >= 4 is 48.0 Å². The van der Waals surface area contributed by atoms with Crippen LogP contribution in [-0.4, -0.2) is 30.4 Å². The van der Waals surface area contributed by atoms with Crippen LogP contribution in [0.25, 0.3) is 0 Å². The number of amides is 1. The maximum absolute atomic E-state index is 12.3. The van der Waals surface area contributed by atoms with Gasteiger partial charge in [0, 0.05) is 17.3 Å². The van der Waals surface area contributed by atoms with Gasteiger partial charge in [0.2, 0.25) is 5.91 Å². The summed E-state index contributed by atoms with van der Waals surface area (Å²) in [5.74, 6) is -0.00557. The number of likely N-dealkylation sites (N-methyl/N-ethyl adjacent to an activating group) is 1. The van der Waals surface area contributed by atoms with Crippen LogP contribution in [0.15, 0.2) is 48.5 Å². The summed E-state index contributed by atoms with van der Waals surface area (Å²) in [4.78, 5) is 14.6. The van der Waals surface area contributed by atoms with Gasteiger partial charge < -0.3 is 11.1 Å². The molecular weight excluding hydrogens is 405 g/mol. The zero-order chi connectivity index (χ0) is 18.2. The van der Waals surface area contributed by atoms with E-state index in [4.69, 9.17) is 17.3 Å². The second-order valence-electron chi connectivity index (χ2n) is 5.98. The number of carbonyl (C=O) groups excluding carboxylic acids is 1. The van der Waals surface area contributed by atoms with Gasteiger partial charge in [-0.3, -0.25) is 9.69 Å². The summed E-state index contributed by atoms with van der Waals surface area (Å²) in [5, 5.41) is 3.78. The monoisotopic (exact) mass is 431 g/mol. The Balaban J connectivity index is 0.00000338. The van der Waals surface area contributed by atoms with Crippen LogP contribution in [0, 0.1) is 0 Å². The molecule has 0 saturated carbocycles. The molecule has 0 aliphatic carbocycles. The predicted octanol–water partition coefficient (Wildman–Crippen LogP) is 4.51. The molecular formula is C20H28Cl3N3O. The van der Waals surface area contributed by atoms with Gasteiger partial charge in [0.25, 0.3) is 0 Å². The molecule has 2 aromatic carbocycles. The molecule has 1 unspecified atom stereocenters. The van der Waals surface area contributed by atoms with Gasteiger partial charge >= 0.3 is 0 Å². The van der Waals surface area contributed by atoms with E-state index >= 15 is 0 Å². The van der Waals surface area contributed by atoms with Crippen molar-refractivity contribution in [3.63, 3.8) is 0 Å². The highest BCUT2D eigenvalue weighted by atomic mass is 35.5. The summed E-state index contributed by atoms with van der Waals surface area (Å²) in [6, 6.07) is 15.3. The fourth-order valence-corrected chi connectivity index (χ4v) is 3.20. The minimum absolute atomic E-state index is 0. The molecule has 150 valence electrons. The highest BCUT2D eigenvalue weighted by Crippen LogP contribution is 2.27. The van der Waals surface area contributed by atoms with Gasteiger partial charge in [-0.15, -0.1) is 24.8 Å². The molecule has 0 saturated heterocycles. The van der Waals surface area contributed by atoms with Crippen molar-refractivity contribution < 1.29 is 4.79 Å². The molecule has 0 radical (unpaired) electrons. The van der Waals surface area contributed by atoms with Crippen LogP contribution in [-0.2, 0) is 11.2 Å². The highest BCUT2D eigenvalue weighted by Gasteiger charge is 2.21. The number of nitrogen functional groups attached to an aromatic ring is 1. The van der Waals surface area contributed by atoms with Crippen molar-refractivity contribution in [1.82, 2.24) is 10.2 Å². The first kappa shape index (κ1) is 25.5. The molecule has 2 aromatic rings. The summed E-state index contributed by atoms with van der Waals surface area (Å²) in [7, 11) is 0. The Labute approximate surface area is 179 Å². The number of nitrogens with zero attached hydrogens (tertiary/aromatic N) is 1. The fraction of sp³-hybridized carbons (Fsp3) is 0.350. The van der Waals surface area contributed by atoms with Gasteiger partial charge in [0.05, 0.1) is 12.5 Å². The van der Waals surface area contributed by atoms with E-state index in [0.717, 1.165) is 29.2 Å². The van der Waals surface area contributed by atoms with Crippen molar-refractivity contribution in [2.45, 2.75) is 26.3 Å². The molecule has 4 nitrogen and oxygen atoms in total. The van der Waals surface area contributed by atoms with E-state index in [1.165, 1.54) is 0 Å². The van der Waals surface area contributed by atoms with Crippen molar-refractivity contribution in [2.24, 2.45) is 0 Å². The van der Waals surface area contributed by atoms with Crippen LogP contribution in [0.2, 0.25) is 5.02 Å². The van der Waals surface area contributed by atoms with Gasteiger partial charge in [-0.2, -0.15) is 0 Å². The van der Waals surface area contributed by atoms with Crippen molar-refractivity contribution in [3.05, 3.63) is 64.7 Å². The predicted molar refractivity (Wildman–Crippen MR) is 119 cm³/mol. The van der Waals surface area contributed by atoms with Gasteiger partial charge in [-0.05, 0) is 42.4 Å². The number of hydrogen-bond donors (Lipinski definition) is 2. The molecule has 0 aliphatic heterocycles. The van der Waals surface area contributed by atoms with Gasteiger partial charge in [0.15, 0.2) is 0 Å². The molecule has 0 heterocycles. The van der Waals surface area contributed by atoms with Crippen LogP contribution in [0.3, 0.4) is 0 Å². The zero-order valence-corrected chi connectivity index (χ0v) is 18.0. The van der Waals surface area contributed by atoms with Crippen molar-refractivity contribution in [1.29, 1.82) is 0 Å². The van der Waals surface area contributed by atoms with E-state index in [2.05, 4.69) is 24.1 Å². The minimum atomic E-state index is -0.00557. The van der Waals surface area contributed by atoms with Crippen LogP contribution < -0.4 is 11.1 Å². The second kappa shape index (κ2) is 12.8. The van der Waals surface area contributed by atoms with E-state index < -0.39 is 0 Å². The SMILES string of the molecule is CCN(CC)C(CNC(=O)Cc1ccc(N)cc1)c1ccccc1Cl.Cl.Cl. The third kappa shape index (κ3) is 7.59. The smallest absolute Gasteiger partial charge is 0.224 e. The van der Waals surface area contributed by atoms with Gasteiger partial charge in [-0.25, -0.2) is 0 Å². The number of nitrogens with one attached hydrogen (secondary N) is 1. The highest BCUT2D eigenvalue weighted by molar-refractivity contribution is 6.31. The molecule has 1 amide bonds. The Hall–Kier alpha value is -1.46. The first-order valence-corrected chi connectivity index (χ1v) is 9.02. The quantitative estimate of drug-likeness (QED) is 0.603. The van der Waals surface area contributed by atoms with E-state index in [9.17, 15) is 4.79 Å². The first-order valence-electron chi connectivity index (χ1n) is 8.64. The largest absolute Gasteiger partial charge is 0.399 e. The van der Waals surface area contributed by atoms with Crippen LogP contribution >= 0.6 is 36.4 Å². The lowest BCUT2D eigenvalue weighted by molar-refractivity contribution is -0.120. The van der Waals surface area contributed by atoms with Crippen molar-refractivity contribution in [2.75, 3.05) is 25.4 Å². The lowest BCUT2D eigenvalue weighted by Gasteiger charge is -2.31. The van der Waals surface area contributed by atoms with Crippen LogP contribution in [0.1, 0.15) is 31.0 Å². The van der Waals surface area contributed by atoms with E-state index in [1.807, 2.05) is 48.5 Å². The Kier molecular flexibility index (Phi) is 12.1. The summed E-state index contributed by atoms with van der Waals surface area (Å²) < 4.78 is 0. The standard InChI is InChI=1S/C20H26ClN3O.2ClH/c1-3-24(4-2)19(17-7-5-6-8-18(17)21)14-23-20(25)13-15-9-11-16(22)12-10-15;;/h5-12,19H,3-4,13-14,22H2,1-2H3,(H,23,25);2*1H. The number of anilines is 1. The second-order valence-corrected chi connectivity index (χ2v) is 6.39. The maximum Gasteiger partial charge on any atom is 0.224 e. The van der Waals surface area contributed by atoms with E-state index in [0.29, 0.717) is 18.7 Å². The Morgan fingerprint density at radius 1 is 1.07 bits per heavy atom. The third-order valence-corrected chi connectivity index (χ3v) is 4.70. The molecule has 0 fully saturated rings. The summed E-state index contributed by atoms with van der Waals surface area (Å²) in [6.45, 7) is 6.53. The molecule has 0 aromatic heterocycles. The number of benzene rings is 2. The zero-order valence-electron chi connectivity index (χ0n) is 15.7. The van der Waals surface area contributed by atoms with Gasteiger partial charge in [0.1, 0.15) is 0 Å².